The van der Waals surface area contributed by atoms with Crippen LogP contribution in [0.15, 0.2) is 36.4 Å². The molecule has 0 N–H and O–H groups in total. The van der Waals surface area contributed by atoms with E-state index in [4.69, 9.17) is 14.2 Å². The molecule has 8 heteroatoms. The summed E-state index contributed by atoms with van der Waals surface area (Å²) in [5.41, 5.74) is 0.619. The Balaban J connectivity index is 2.02. The van der Waals surface area contributed by atoms with E-state index < -0.39 is 4.92 Å². The second-order valence-electron chi connectivity index (χ2n) is 5.32. The van der Waals surface area contributed by atoms with Gasteiger partial charge in [0, 0.05) is 23.8 Å². The van der Waals surface area contributed by atoms with Crippen LogP contribution < -0.4 is 19.1 Å². The average molecular weight is 344 g/mol. The monoisotopic (exact) mass is 344 g/mol. The molecule has 2 aromatic carbocycles. The number of rotatable bonds is 4. The Hall–Kier alpha value is -3.29. The van der Waals surface area contributed by atoms with E-state index in [0.29, 0.717) is 35.1 Å². The van der Waals surface area contributed by atoms with Crippen LogP contribution in [0.4, 0.5) is 11.4 Å². The molecule has 25 heavy (non-hydrogen) atoms. The van der Waals surface area contributed by atoms with Crippen LogP contribution >= 0.6 is 0 Å². The van der Waals surface area contributed by atoms with Gasteiger partial charge in [-0.25, -0.2) is 0 Å². The molecular formula is C17H16N2O6. The summed E-state index contributed by atoms with van der Waals surface area (Å²) in [4.78, 5) is 24.9. The Kier molecular flexibility index (Phi) is 4.42. The quantitative estimate of drug-likeness (QED) is 0.625. The molecule has 1 aliphatic rings. The van der Waals surface area contributed by atoms with E-state index in [1.54, 1.807) is 18.2 Å². The highest BCUT2D eigenvalue weighted by molar-refractivity contribution is 6.07. The zero-order valence-electron chi connectivity index (χ0n) is 13.7. The molecule has 1 heterocycles. The first-order valence-corrected chi connectivity index (χ1v) is 7.49. The van der Waals surface area contributed by atoms with Gasteiger partial charge in [0.25, 0.3) is 11.6 Å². The number of ether oxygens (including phenoxy) is 3. The van der Waals surface area contributed by atoms with Gasteiger partial charge in [0.1, 0.15) is 23.9 Å². The van der Waals surface area contributed by atoms with Gasteiger partial charge in [0.15, 0.2) is 0 Å². The third kappa shape index (κ3) is 3.18. The Morgan fingerprint density at radius 3 is 2.44 bits per heavy atom. The molecule has 0 unspecified atom stereocenters. The summed E-state index contributed by atoms with van der Waals surface area (Å²) in [7, 11) is 2.99. The number of anilines is 1. The number of nitro benzene ring substituents is 1. The fraction of sp³-hybridized carbons (Fsp3) is 0.235. The molecule has 0 fully saturated rings. The van der Waals surface area contributed by atoms with Crippen LogP contribution in [0, 0.1) is 10.1 Å². The van der Waals surface area contributed by atoms with Crippen molar-refractivity contribution in [3.63, 3.8) is 0 Å². The largest absolute Gasteiger partial charge is 0.497 e. The van der Waals surface area contributed by atoms with Crippen molar-refractivity contribution in [2.75, 3.05) is 32.3 Å². The topological polar surface area (TPSA) is 91.1 Å². The molecule has 1 amide bonds. The number of nitrogens with zero attached hydrogens (tertiary/aromatic N) is 2. The fourth-order valence-electron chi connectivity index (χ4n) is 2.62. The van der Waals surface area contributed by atoms with Crippen LogP contribution in [0.1, 0.15) is 10.4 Å². The van der Waals surface area contributed by atoms with E-state index in [9.17, 15) is 14.9 Å². The van der Waals surface area contributed by atoms with Crippen LogP contribution in [0.3, 0.4) is 0 Å². The molecule has 0 atom stereocenters. The van der Waals surface area contributed by atoms with Gasteiger partial charge < -0.3 is 19.1 Å². The molecule has 0 bridgehead atoms. The van der Waals surface area contributed by atoms with Crippen LogP contribution in [0.5, 0.6) is 17.2 Å². The van der Waals surface area contributed by atoms with Gasteiger partial charge in [-0.15, -0.1) is 0 Å². The van der Waals surface area contributed by atoms with Gasteiger partial charge in [-0.3, -0.25) is 14.9 Å². The van der Waals surface area contributed by atoms with Crippen molar-refractivity contribution in [1.29, 1.82) is 0 Å². The van der Waals surface area contributed by atoms with Crippen LogP contribution in [-0.4, -0.2) is 38.2 Å². The number of benzene rings is 2. The maximum atomic E-state index is 13.0. The van der Waals surface area contributed by atoms with Crippen molar-refractivity contribution in [2.24, 2.45) is 0 Å². The van der Waals surface area contributed by atoms with Crippen molar-refractivity contribution in [1.82, 2.24) is 0 Å². The van der Waals surface area contributed by atoms with E-state index in [1.165, 1.54) is 37.3 Å². The number of nitro groups is 1. The molecular weight excluding hydrogens is 328 g/mol. The summed E-state index contributed by atoms with van der Waals surface area (Å²) in [6.45, 7) is 0.587. The third-order valence-electron chi connectivity index (χ3n) is 3.86. The summed E-state index contributed by atoms with van der Waals surface area (Å²) < 4.78 is 15.9. The Morgan fingerprint density at radius 1 is 1.16 bits per heavy atom. The lowest BCUT2D eigenvalue weighted by atomic mass is 10.1. The summed E-state index contributed by atoms with van der Waals surface area (Å²) >= 11 is 0. The lowest BCUT2D eigenvalue weighted by Gasteiger charge is -2.29. The minimum Gasteiger partial charge on any atom is -0.497 e. The van der Waals surface area contributed by atoms with E-state index in [0.717, 1.165) is 0 Å². The second kappa shape index (κ2) is 6.68. The molecule has 0 saturated carbocycles. The molecule has 130 valence electrons. The smallest absolute Gasteiger partial charge is 0.271 e. The zero-order valence-corrected chi connectivity index (χ0v) is 13.7. The van der Waals surface area contributed by atoms with E-state index in [2.05, 4.69) is 0 Å². The van der Waals surface area contributed by atoms with Gasteiger partial charge in [-0.2, -0.15) is 0 Å². The van der Waals surface area contributed by atoms with Crippen LogP contribution in [0.2, 0.25) is 0 Å². The van der Waals surface area contributed by atoms with Gasteiger partial charge in [-0.1, -0.05) is 0 Å². The predicted molar refractivity (Wildman–Crippen MR) is 89.8 cm³/mol. The first kappa shape index (κ1) is 16.6. The van der Waals surface area contributed by atoms with Crippen LogP contribution in [0.25, 0.3) is 0 Å². The van der Waals surface area contributed by atoms with Gasteiger partial charge in [0.05, 0.1) is 31.4 Å². The molecule has 1 aliphatic heterocycles. The Bertz CT molecular complexity index is 814. The summed E-state index contributed by atoms with van der Waals surface area (Å²) in [6.07, 6.45) is 0. The molecule has 8 nitrogen and oxygen atoms in total. The number of methoxy groups -OCH3 is 2. The number of fused-ring (bicyclic) bond motifs is 1. The fourth-order valence-corrected chi connectivity index (χ4v) is 2.62. The highest BCUT2D eigenvalue weighted by atomic mass is 16.6. The van der Waals surface area contributed by atoms with E-state index in [-0.39, 0.29) is 18.1 Å². The number of carbonyl (C=O) groups is 1. The molecule has 2 aromatic rings. The zero-order chi connectivity index (χ0) is 18.0. The third-order valence-corrected chi connectivity index (χ3v) is 3.86. The van der Waals surface area contributed by atoms with Crippen molar-refractivity contribution in [2.45, 2.75) is 0 Å². The maximum absolute atomic E-state index is 13.0. The standard InChI is InChI=1S/C17H16N2O6/c1-23-13-7-11(8-14(10-13)24-2)17(20)18-5-6-25-16-4-3-12(19(21)22)9-15(16)18/h3-4,7-10H,5-6H2,1-2H3. The average Bonchev–Trinajstić information content (AvgIpc) is 2.65. The van der Waals surface area contributed by atoms with Crippen molar-refractivity contribution in [3.8, 4) is 17.2 Å². The van der Waals surface area contributed by atoms with Gasteiger partial charge >= 0.3 is 0 Å². The second-order valence-corrected chi connectivity index (χ2v) is 5.32. The molecule has 0 aromatic heterocycles. The lowest BCUT2D eigenvalue weighted by molar-refractivity contribution is -0.384. The SMILES string of the molecule is COc1cc(OC)cc(C(=O)N2CCOc3ccc([N+](=O)[O-])cc32)c1. The Labute approximate surface area is 143 Å². The lowest BCUT2D eigenvalue weighted by Crippen LogP contribution is -2.38. The first-order valence-electron chi connectivity index (χ1n) is 7.49. The van der Waals surface area contributed by atoms with Crippen LogP contribution in [-0.2, 0) is 0 Å². The number of amides is 1. The summed E-state index contributed by atoms with van der Waals surface area (Å²) in [6, 6.07) is 9.04. The first-order chi connectivity index (χ1) is 12.0. The minimum atomic E-state index is -0.508. The number of hydrogen-bond donors (Lipinski definition) is 0. The number of hydrogen-bond acceptors (Lipinski definition) is 6. The molecule has 0 radical (unpaired) electrons. The van der Waals surface area contributed by atoms with E-state index in [1.807, 2.05) is 0 Å². The van der Waals surface area contributed by atoms with Crippen molar-refractivity contribution >= 4 is 17.3 Å². The normalized spacial score (nSPS) is 12.8. The molecule has 0 saturated heterocycles. The van der Waals surface area contributed by atoms with Crippen molar-refractivity contribution < 1.29 is 23.9 Å². The van der Waals surface area contributed by atoms with E-state index >= 15 is 0 Å². The Morgan fingerprint density at radius 2 is 1.84 bits per heavy atom. The molecule has 0 aliphatic carbocycles. The maximum Gasteiger partial charge on any atom is 0.271 e. The molecule has 0 spiro atoms. The number of non-ortho nitro benzene ring substituents is 1. The van der Waals surface area contributed by atoms with Gasteiger partial charge in [0.2, 0.25) is 0 Å². The number of carbonyl (C=O) groups excluding carboxylic acids is 1. The van der Waals surface area contributed by atoms with Crippen molar-refractivity contribution in [3.05, 3.63) is 52.1 Å². The summed E-state index contributed by atoms with van der Waals surface area (Å²) in [5, 5.41) is 11.0. The summed E-state index contributed by atoms with van der Waals surface area (Å²) in [5.74, 6) is 1.08. The minimum absolute atomic E-state index is 0.106. The molecule has 3 rings (SSSR count). The highest BCUT2D eigenvalue weighted by Crippen LogP contribution is 2.36. The predicted octanol–water partition coefficient (Wildman–Crippen LogP) is 2.65. The highest BCUT2D eigenvalue weighted by Gasteiger charge is 2.27. The van der Waals surface area contributed by atoms with Gasteiger partial charge in [-0.05, 0) is 18.2 Å².